The lowest BCUT2D eigenvalue weighted by Gasteiger charge is -2.27. The maximum Gasteiger partial charge on any atom is 0.339 e. The molecule has 3 aromatic heterocycles. The second-order valence-electron chi connectivity index (χ2n) is 9.68. The van der Waals surface area contributed by atoms with Crippen LogP contribution in [-0.2, 0) is 14.3 Å². The van der Waals surface area contributed by atoms with Gasteiger partial charge in [0.1, 0.15) is 11.5 Å². The number of aryl methyl sites for hydroxylation is 1. The van der Waals surface area contributed by atoms with Gasteiger partial charge in [-0.05, 0) is 62.2 Å². The number of H-pyrrole nitrogens is 1. The number of aromatic nitrogens is 3. The molecule has 0 spiro atoms. The lowest BCUT2D eigenvalue weighted by atomic mass is 9.97. The smallest absolute Gasteiger partial charge is 0.339 e. The quantitative estimate of drug-likeness (QED) is 0.254. The highest BCUT2D eigenvalue weighted by molar-refractivity contribution is 6.06. The van der Waals surface area contributed by atoms with Crippen LogP contribution < -0.4 is 10.2 Å². The molecule has 0 aliphatic carbocycles. The molecular weight excluding hydrogens is 494 g/mol. The Hall–Kier alpha value is -4.50. The number of amides is 1. The lowest BCUT2D eigenvalue weighted by molar-refractivity contribution is -0.111. The molecule has 1 aromatic carbocycles. The number of rotatable bonds is 7. The van der Waals surface area contributed by atoms with Gasteiger partial charge in [-0.1, -0.05) is 18.7 Å². The van der Waals surface area contributed by atoms with Crippen LogP contribution in [0.2, 0.25) is 0 Å². The molecular formula is C30H31N5O4. The number of nitrogens with one attached hydrogen (secondary N) is 2. The van der Waals surface area contributed by atoms with Crippen molar-refractivity contribution in [2.24, 2.45) is 0 Å². The molecule has 0 atom stereocenters. The van der Waals surface area contributed by atoms with Crippen LogP contribution in [0.15, 0.2) is 61.4 Å². The Kier molecular flexibility index (Phi) is 7.42. The summed E-state index contributed by atoms with van der Waals surface area (Å²) in [6.07, 6.45) is 4.34. The summed E-state index contributed by atoms with van der Waals surface area (Å²) >= 11 is 0. The third-order valence-corrected chi connectivity index (χ3v) is 6.57. The Balaban J connectivity index is 1.64. The van der Waals surface area contributed by atoms with Gasteiger partial charge >= 0.3 is 5.97 Å². The third kappa shape index (κ3) is 5.53. The molecule has 200 valence electrons. The monoisotopic (exact) mass is 525 g/mol. The van der Waals surface area contributed by atoms with E-state index in [2.05, 4.69) is 26.8 Å². The molecule has 9 nitrogen and oxygen atoms in total. The van der Waals surface area contributed by atoms with E-state index in [4.69, 9.17) is 14.5 Å². The van der Waals surface area contributed by atoms with Gasteiger partial charge < -0.3 is 24.7 Å². The summed E-state index contributed by atoms with van der Waals surface area (Å²) < 4.78 is 10.9. The van der Waals surface area contributed by atoms with E-state index in [1.165, 1.54) is 12.3 Å². The molecule has 1 aliphatic rings. The zero-order chi connectivity index (χ0) is 27.5. The number of morpholine rings is 1. The van der Waals surface area contributed by atoms with Crippen LogP contribution in [-0.4, -0.2) is 59.2 Å². The lowest BCUT2D eigenvalue weighted by Crippen LogP contribution is -2.36. The number of fused-ring (bicyclic) bond motifs is 1. The number of anilines is 2. The standard InChI is InChI=1S/C30H31N5O4/c1-5-26(36)33-24-15-20(7-6-19(24)4)27-23-14-22(30(37)39-18(2)3)17-32-29(23)34-28(27)21-8-9-25(31-16-21)35-10-12-38-13-11-35/h5-9,14-18H,1,10-13H2,2-4H3,(H,32,34)(H,33,36). The minimum absolute atomic E-state index is 0.251. The molecule has 0 unspecified atom stereocenters. The maximum atomic E-state index is 12.7. The van der Waals surface area contributed by atoms with Gasteiger partial charge in [0, 0.05) is 47.7 Å². The number of carbonyl (C=O) groups excluding carboxylic acids is 2. The van der Waals surface area contributed by atoms with Crippen LogP contribution in [0.25, 0.3) is 33.4 Å². The molecule has 5 rings (SSSR count). The Morgan fingerprint density at radius 3 is 2.56 bits per heavy atom. The Bertz CT molecular complexity index is 1540. The number of nitrogens with zero attached hydrogens (tertiary/aromatic N) is 3. The van der Waals surface area contributed by atoms with E-state index in [-0.39, 0.29) is 12.0 Å². The normalized spacial score (nSPS) is 13.5. The first kappa shape index (κ1) is 26.1. The van der Waals surface area contributed by atoms with Crippen LogP contribution in [0, 0.1) is 6.92 Å². The highest BCUT2D eigenvalue weighted by Gasteiger charge is 2.21. The molecule has 0 bridgehead atoms. The SMILES string of the molecule is C=CC(=O)Nc1cc(-c2c(-c3ccc(N4CCOCC4)nc3)[nH]c3ncc(C(=O)OC(C)C)cc23)ccc1C. The maximum absolute atomic E-state index is 12.7. The molecule has 9 heteroatoms. The van der Waals surface area contributed by atoms with Crippen LogP contribution in [0.3, 0.4) is 0 Å². The van der Waals surface area contributed by atoms with Gasteiger partial charge in [0.05, 0.1) is 30.6 Å². The minimum atomic E-state index is -0.438. The molecule has 1 aliphatic heterocycles. The van der Waals surface area contributed by atoms with Crippen molar-refractivity contribution in [3.63, 3.8) is 0 Å². The average Bonchev–Trinajstić information content (AvgIpc) is 3.33. The molecule has 39 heavy (non-hydrogen) atoms. The van der Waals surface area contributed by atoms with Gasteiger partial charge in [0.15, 0.2) is 0 Å². The van der Waals surface area contributed by atoms with Crippen molar-refractivity contribution in [3.05, 3.63) is 72.6 Å². The number of pyridine rings is 2. The van der Waals surface area contributed by atoms with Gasteiger partial charge in [-0.25, -0.2) is 14.8 Å². The van der Waals surface area contributed by atoms with Gasteiger partial charge in [-0.15, -0.1) is 0 Å². The van der Waals surface area contributed by atoms with Crippen molar-refractivity contribution >= 4 is 34.4 Å². The Morgan fingerprint density at radius 1 is 1.10 bits per heavy atom. The van der Waals surface area contributed by atoms with E-state index in [0.29, 0.717) is 30.1 Å². The molecule has 4 aromatic rings. The number of hydrogen-bond donors (Lipinski definition) is 2. The third-order valence-electron chi connectivity index (χ3n) is 6.57. The number of esters is 1. The van der Waals surface area contributed by atoms with E-state index in [1.807, 2.05) is 57.3 Å². The summed E-state index contributed by atoms with van der Waals surface area (Å²) in [6.45, 7) is 12.1. The zero-order valence-corrected chi connectivity index (χ0v) is 22.3. The van der Waals surface area contributed by atoms with Crippen molar-refractivity contribution < 1.29 is 19.1 Å². The first-order valence-electron chi connectivity index (χ1n) is 12.9. The summed E-state index contributed by atoms with van der Waals surface area (Å²) in [5.74, 6) is 0.159. The summed E-state index contributed by atoms with van der Waals surface area (Å²) in [7, 11) is 0. The Morgan fingerprint density at radius 2 is 1.87 bits per heavy atom. The fourth-order valence-corrected chi connectivity index (χ4v) is 4.59. The number of ether oxygens (including phenoxy) is 2. The minimum Gasteiger partial charge on any atom is -0.459 e. The molecule has 0 radical (unpaired) electrons. The molecule has 4 heterocycles. The number of hydrogen-bond acceptors (Lipinski definition) is 7. The first-order chi connectivity index (χ1) is 18.8. The molecule has 0 saturated carbocycles. The fraction of sp³-hybridized carbons (Fsp3) is 0.267. The van der Waals surface area contributed by atoms with Crippen LogP contribution in [0.5, 0.6) is 0 Å². The second-order valence-corrected chi connectivity index (χ2v) is 9.68. The van der Waals surface area contributed by atoms with E-state index < -0.39 is 5.97 Å². The van der Waals surface area contributed by atoms with Gasteiger partial charge in [-0.3, -0.25) is 4.79 Å². The zero-order valence-electron chi connectivity index (χ0n) is 22.3. The van der Waals surface area contributed by atoms with Crippen LogP contribution in [0.1, 0.15) is 29.8 Å². The van der Waals surface area contributed by atoms with Gasteiger partial charge in [0.2, 0.25) is 5.91 Å². The van der Waals surface area contributed by atoms with Crippen molar-refractivity contribution in [1.82, 2.24) is 15.0 Å². The summed E-state index contributed by atoms with van der Waals surface area (Å²) in [5.41, 5.74) is 5.90. The topological polar surface area (TPSA) is 109 Å². The summed E-state index contributed by atoms with van der Waals surface area (Å²) in [6, 6.07) is 11.7. The van der Waals surface area contributed by atoms with Crippen LogP contribution >= 0.6 is 0 Å². The van der Waals surface area contributed by atoms with Crippen molar-refractivity contribution in [2.45, 2.75) is 26.9 Å². The van der Waals surface area contributed by atoms with Crippen molar-refractivity contribution in [1.29, 1.82) is 0 Å². The highest BCUT2D eigenvalue weighted by atomic mass is 16.5. The Labute approximate surface area is 226 Å². The number of carbonyl (C=O) groups is 2. The molecule has 1 saturated heterocycles. The molecule has 2 N–H and O–H groups in total. The van der Waals surface area contributed by atoms with Crippen molar-refractivity contribution in [2.75, 3.05) is 36.5 Å². The van der Waals surface area contributed by atoms with E-state index in [0.717, 1.165) is 52.2 Å². The average molecular weight is 526 g/mol. The number of benzene rings is 1. The van der Waals surface area contributed by atoms with Crippen LogP contribution in [0.4, 0.5) is 11.5 Å². The van der Waals surface area contributed by atoms with Crippen molar-refractivity contribution in [3.8, 4) is 22.4 Å². The molecule has 1 amide bonds. The first-order valence-corrected chi connectivity index (χ1v) is 12.9. The number of aromatic amines is 1. The van der Waals surface area contributed by atoms with Gasteiger partial charge in [0.25, 0.3) is 0 Å². The van der Waals surface area contributed by atoms with E-state index in [1.54, 1.807) is 6.07 Å². The predicted molar refractivity (Wildman–Crippen MR) is 152 cm³/mol. The predicted octanol–water partition coefficient (Wildman–Crippen LogP) is 5.13. The fourth-order valence-electron chi connectivity index (χ4n) is 4.59. The molecule has 1 fully saturated rings. The largest absolute Gasteiger partial charge is 0.459 e. The van der Waals surface area contributed by atoms with Gasteiger partial charge in [-0.2, -0.15) is 0 Å². The van der Waals surface area contributed by atoms with E-state index >= 15 is 0 Å². The second kappa shape index (κ2) is 11.1. The highest BCUT2D eigenvalue weighted by Crippen LogP contribution is 2.39. The summed E-state index contributed by atoms with van der Waals surface area (Å²) in [5, 5.41) is 3.63. The summed E-state index contributed by atoms with van der Waals surface area (Å²) in [4.78, 5) is 39.7. The van der Waals surface area contributed by atoms with E-state index in [9.17, 15) is 9.59 Å².